The van der Waals surface area contributed by atoms with Crippen LogP contribution in [0.5, 0.6) is 0 Å². The molecule has 0 saturated heterocycles. The lowest BCUT2D eigenvalue weighted by atomic mass is 10.1. The summed E-state index contributed by atoms with van der Waals surface area (Å²) in [5.74, 6) is 0. The van der Waals surface area contributed by atoms with Gasteiger partial charge in [-0.3, -0.25) is 5.43 Å². The maximum absolute atomic E-state index is 11.9. The van der Waals surface area contributed by atoms with E-state index < -0.39 is 6.09 Å². The maximum Gasteiger partial charge on any atom is 0.422 e. The molecule has 0 aliphatic carbocycles. The van der Waals surface area contributed by atoms with E-state index in [4.69, 9.17) is 4.74 Å². The van der Waals surface area contributed by atoms with Crippen molar-refractivity contribution in [2.24, 2.45) is 0 Å². The molecule has 1 amide bonds. The number of ether oxygens (including phenoxy) is 1. The van der Waals surface area contributed by atoms with Crippen LogP contribution in [-0.2, 0) is 11.3 Å². The highest BCUT2D eigenvalue weighted by Crippen LogP contribution is 2.10. The summed E-state index contributed by atoms with van der Waals surface area (Å²) in [5, 5.41) is 1.89. The maximum atomic E-state index is 11.9. The molecule has 0 radical (unpaired) electrons. The molecule has 21 heavy (non-hydrogen) atoms. The molecule has 0 saturated carbocycles. The first-order valence-corrected chi connectivity index (χ1v) is 7.46. The van der Waals surface area contributed by atoms with Crippen LogP contribution in [0.3, 0.4) is 0 Å². The van der Waals surface area contributed by atoms with Crippen molar-refractivity contribution in [2.45, 2.75) is 52.3 Å². The van der Waals surface area contributed by atoms with E-state index in [9.17, 15) is 4.79 Å². The lowest BCUT2D eigenvalue weighted by molar-refractivity contribution is 0.0679. The minimum atomic E-state index is -0.435. The fourth-order valence-corrected chi connectivity index (χ4v) is 2.12. The molecule has 0 fully saturated rings. The SMILES string of the molecule is C=CC(CCC)N(NC(=O)OCc1ccccc1)C(C)C. The van der Waals surface area contributed by atoms with Crippen LogP contribution in [-0.4, -0.2) is 23.2 Å². The van der Waals surface area contributed by atoms with E-state index in [0.29, 0.717) is 0 Å². The van der Waals surface area contributed by atoms with Crippen LogP contribution in [0, 0.1) is 0 Å². The Hall–Kier alpha value is -1.81. The summed E-state index contributed by atoms with van der Waals surface area (Å²) in [5.41, 5.74) is 3.79. The second-order valence-electron chi connectivity index (χ2n) is 5.27. The number of benzene rings is 1. The predicted molar refractivity (Wildman–Crippen MR) is 85.6 cm³/mol. The Morgan fingerprint density at radius 1 is 1.38 bits per heavy atom. The second-order valence-corrected chi connectivity index (χ2v) is 5.27. The topological polar surface area (TPSA) is 41.6 Å². The van der Waals surface area contributed by atoms with E-state index in [1.807, 2.05) is 55.3 Å². The molecule has 1 aromatic carbocycles. The number of carbonyl (C=O) groups is 1. The fraction of sp³-hybridized carbons (Fsp3) is 0.471. The van der Waals surface area contributed by atoms with E-state index in [-0.39, 0.29) is 18.7 Å². The third-order valence-electron chi connectivity index (χ3n) is 3.20. The summed E-state index contributed by atoms with van der Waals surface area (Å²) < 4.78 is 5.26. The summed E-state index contributed by atoms with van der Waals surface area (Å²) in [6, 6.07) is 9.92. The zero-order valence-electron chi connectivity index (χ0n) is 13.2. The fourth-order valence-electron chi connectivity index (χ4n) is 2.12. The normalized spacial score (nSPS) is 12.2. The standard InChI is InChI=1S/C17H26N2O2/c1-5-10-16(6-2)19(14(3)4)18-17(20)21-13-15-11-8-7-9-12-15/h6-9,11-12,14,16H,2,5,10,13H2,1,3-4H3,(H,18,20). The molecule has 116 valence electrons. The molecule has 0 heterocycles. The van der Waals surface area contributed by atoms with Crippen molar-refractivity contribution < 1.29 is 9.53 Å². The van der Waals surface area contributed by atoms with E-state index in [0.717, 1.165) is 18.4 Å². The first-order valence-electron chi connectivity index (χ1n) is 7.46. The molecule has 1 unspecified atom stereocenters. The Bertz CT molecular complexity index is 432. The number of hydrazine groups is 1. The molecule has 1 rings (SSSR count). The monoisotopic (exact) mass is 290 g/mol. The van der Waals surface area contributed by atoms with Crippen LogP contribution in [0.2, 0.25) is 0 Å². The van der Waals surface area contributed by atoms with Gasteiger partial charge in [0.1, 0.15) is 6.61 Å². The molecule has 4 nitrogen and oxygen atoms in total. The Morgan fingerprint density at radius 3 is 2.57 bits per heavy atom. The van der Waals surface area contributed by atoms with Gasteiger partial charge in [0.15, 0.2) is 0 Å². The van der Waals surface area contributed by atoms with Gasteiger partial charge in [0.05, 0.1) is 0 Å². The summed E-state index contributed by atoms with van der Waals surface area (Å²) in [7, 11) is 0. The van der Waals surface area contributed by atoms with Crippen molar-refractivity contribution in [1.82, 2.24) is 10.4 Å². The minimum absolute atomic E-state index is 0.110. The number of hydrogen-bond acceptors (Lipinski definition) is 3. The van der Waals surface area contributed by atoms with E-state index >= 15 is 0 Å². The van der Waals surface area contributed by atoms with Gasteiger partial charge in [-0.05, 0) is 25.8 Å². The summed E-state index contributed by atoms with van der Waals surface area (Å²) in [6.07, 6.45) is 3.40. The van der Waals surface area contributed by atoms with Crippen LogP contribution < -0.4 is 5.43 Å². The molecule has 1 aromatic rings. The second kappa shape index (κ2) is 9.19. The van der Waals surface area contributed by atoms with Gasteiger partial charge in [-0.1, -0.05) is 49.8 Å². The van der Waals surface area contributed by atoms with Gasteiger partial charge in [0.25, 0.3) is 0 Å². The summed E-state index contributed by atoms with van der Waals surface area (Å²) >= 11 is 0. The lowest BCUT2D eigenvalue weighted by Crippen LogP contribution is -2.51. The third kappa shape index (κ3) is 6.00. The van der Waals surface area contributed by atoms with Crippen molar-refractivity contribution in [1.29, 1.82) is 0 Å². The third-order valence-corrected chi connectivity index (χ3v) is 3.20. The molecule has 0 aliphatic rings. The molecule has 0 bridgehead atoms. The largest absolute Gasteiger partial charge is 0.444 e. The van der Waals surface area contributed by atoms with Crippen LogP contribution in [0.4, 0.5) is 4.79 Å². The zero-order chi connectivity index (χ0) is 15.7. The average Bonchev–Trinajstić information content (AvgIpc) is 2.49. The number of rotatable bonds is 8. The van der Waals surface area contributed by atoms with E-state index in [1.165, 1.54) is 0 Å². The van der Waals surface area contributed by atoms with Gasteiger partial charge < -0.3 is 4.74 Å². The number of amides is 1. The average molecular weight is 290 g/mol. The highest BCUT2D eigenvalue weighted by Gasteiger charge is 2.20. The molecule has 1 N–H and O–H groups in total. The van der Waals surface area contributed by atoms with Crippen molar-refractivity contribution >= 4 is 6.09 Å². The molecule has 0 aromatic heterocycles. The van der Waals surface area contributed by atoms with Crippen LogP contribution in [0.1, 0.15) is 39.2 Å². The quantitative estimate of drug-likeness (QED) is 0.583. The van der Waals surface area contributed by atoms with Crippen molar-refractivity contribution in [3.05, 3.63) is 48.6 Å². The van der Waals surface area contributed by atoms with Crippen LogP contribution in [0.15, 0.2) is 43.0 Å². The highest BCUT2D eigenvalue weighted by atomic mass is 16.6. The van der Waals surface area contributed by atoms with Crippen molar-refractivity contribution in [3.8, 4) is 0 Å². The van der Waals surface area contributed by atoms with Crippen LogP contribution in [0.25, 0.3) is 0 Å². The van der Waals surface area contributed by atoms with Gasteiger partial charge in [0.2, 0.25) is 0 Å². The van der Waals surface area contributed by atoms with Gasteiger partial charge in [0, 0.05) is 12.1 Å². The first-order chi connectivity index (χ1) is 10.1. The molecule has 4 heteroatoms. The zero-order valence-corrected chi connectivity index (χ0v) is 13.2. The number of nitrogens with zero attached hydrogens (tertiary/aromatic N) is 1. The van der Waals surface area contributed by atoms with Crippen molar-refractivity contribution in [2.75, 3.05) is 0 Å². The minimum Gasteiger partial charge on any atom is -0.444 e. The van der Waals surface area contributed by atoms with Gasteiger partial charge in [-0.25, -0.2) is 9.80 Å². The first kappa shape index (κ1) is 17.2. The van der Waals surface area contributed by atoms with E-state index in [1.54, 1.807) is 0 Å². The summed E-state index contributed by atoms with van der Waals surface area (Å²) in [6.45, 7) is 10.3. The number of hydrogen-bond donors (Lipinski definition) is 1. The van der Waals surface area contributed by atoms with Crippen LogP contribution >= 0.6 is 0 Å². The Morgan fingerprint density at radius 2 is 2.05 bits per heavy atom. The Balaban J connectivity index is 2.54. The molecular weight excluding hydrogens is 264 g/mol. The molecular formula is C17H26N2O2. The molecule has 0 aliphatic heterocycles. The molecule has 1 atom stereocenters. The lowest BCUT2D eigenvalue weighted by Gasteiger charge is -2.32. The number of carbonyl (C=O) groups excluding carboxylic acids is 1. The Labute approximate surface area is 127 Å². The van der Waals surface area contributed by atoms with Gasteiger partial charge >= 0.3 is 6.09 Å². The van der Waals surface area contributed by atoms with Gasteiger partial charge in [-0.15, -0.1) is 6.58 Å². The van der Waals surface area contributed by atoms with Crippen molar-refractivity contribution in [3.63, 3.8) is 0 Å². The highest BCUT2D eigenvalue weighted by molar-refractivity contribution is 5.66. The predicted octanol–water partition coefficient (Wildman–Crippen LogP) is 3.89. The molecule has 0 spiro atoms. The Kier molecular flexibility index (Phi) is 7.54. The summed E-state index contributed by atoms with van der Waals surface area (Å²) in [4.78, 5) is 11.9. The van der Waals surface area contributed by atoms with E-state index in [2.05, 4.69) is 18.9 Å². The number of nitrogens with one attached hydrogen (secondary N) is 1. The smallest absolute Gasteiger partial charge is 0.422 e. The van der Waals surface area contributed by atoms with Gasteiger partial charge in [-0.2, -0.15) is 0 Å².